The Labute approximate surface area is 102 Å². The summed E-state index contributed by atoms with van der Waals surface area (Å²) < 4.78 is 0. The van der Waals surface area contributed by atoms with Gasteiger partial charge in [-0.2, -0.15) is 5.26 Å². The van der Waals surface area contributed by atoms with E-state index in [1.165, 1.54) is 16.3 Å². The molecule has 0 bridgehead atoms. The Morgan fingerprint density at radius 2 is 1.82 bits per heavy atom. The number of nitrogens with one attached hydrogen (secondary N) is 1. The van der Waals surface area contributed by atoms with E-state index in [1.807, 2.05) is 26.0 Å². The maximum atomic E-state index is 8.93. The molecule has 0 spiro atoms. The minimum absolute atomic E-state index is 0.481. The van der Waals surface area contributed by atoms with Crippen LogP contribution in [-0.2, 0) is 6.54 Å². The first-order chi connectivity index (χ1) is 8.11. The van der Waals surface area contributed by atoms with Crippen LogP contribution in [0.15, 0.2) is 42.5 Å². The monoisotopic (exact) mass is 224 g/mol. The molecule has 0 amide bonds. The molecule has 0 atom stereocenters. The molecule has 0 aliphatic heterocycles. The van der Waals surface area contributed by atoms with E-state index in [2.05, 4.69) is 41.7 Å². The molecule has 0 aromatic heterocycles. The largest absolute Gasteiger partial charge is 0.296 e. The molecule has 0 aliphatic rings. The Morgan fingerprint density at radius 1 is 1.12 bits per heavy atom. The van der Waals surface area contributed by atoms with Gasteiger partial charge in [0, 0.05) is 6.54 Å². The number of fused-ring (bicyclic) bond motifs is 1. The van der Waals surface area contributed by atoms with Gasteiger partial charge in [-0.15, -0.1) is 0 Å². The van der Waals surface area contributed by atoms with E-state index in [0.29, 0.717) is 6.54 Å². The van der Waals surface area contributed by atoms with E-state index in [-0.39, 0.29) is 0 Å². The molecule has 2 heteroatoms. The number of hydrogen-bond acceptors (Lipinski definition) is 2. The number of hydrogen-bond donors (Lipinski definition) is 1. The van der Waals surface area contributed by atoms with Crippen molar-refractivity contribution >= 4 is 10.8 Å². The third-order valence-electron chi connectivity index (χ3n) is 2.83. The highest BCUT2D eigenvalue weighted by Crippen LogP contribution is 2.16. The van der Waals surface area contributed by atoms with Crippen LogP contribution in [0.1, 0.15) is 19.4 Å². The lowest BCUT2D eigenvalue weighted by Gasteiger charge is -2.17. The second-order valence-electron chi connectivity index (χ2n) is 4.77. The van der Waals surface area contributed by atoms with Crippen molar-refractivity contribution < 1.29 is 0 Å². The second kappa shape index (κ2) is 4.57. The lowest BCUT2D eigenvalue weighted by molar-refractivity contribution is 0.485. The van der Waals surface area contributed by atoms with Gasteiger partial charge in [-0.05, 0) is 36.2 Å². The summed E-state index contributed by atoms with van der Waals surface area (Å²) >= 11 is 0. The fourth-order valence-corrected chi connectivity index (χ4v) is 1.71. The molecule has 17 heavy (non-hydrogen) atoms. The maximum absolute atomic E-state index is 8.93. The van der Waals surface area contributed by atoms with Gasteiger partial charge in [0.05, 0.1) is 6.07 Å². The van der Waals surface area contributed by atoms with Gasteiger partial charge in [-0.3, -0.25) is 5.32 Å². The van der Waals surface area contributed by atoms with Gasteiger partial charge in [0.25, 0.3) is 0 Å². The van der Waals surface area contributed by atoms with Crippen LogP contribution in [-0.4, -0.2) is 5.54 Å². The fourth-order valence-electron chi connectivity index (χ4n) is 1.71. The minimum atomic E-state index is -0.481. The number of nitriles is 1. The van der Waals surface area contributed by atoms with Crippen molar-refractivity contribution in [3.8, 4) is 6.07 Å². The quantitative estimate of drug-likeness (QED) is 0.868. The van der Waals surface area contributed by atoms with E-state index in [4.69, 9.17) is 5.26 Å². The van der Waals surface area contributed by atoms with Crippen molar-refractivity contribution in [3.05, 3.63) is 48.0 Å². The molecule has 2 nitrogen and oxygen atoms in total. The number of rotatable bonds is 3. The first kappa shape index (κ1) is 11.6. The highest BCUT2D eigenvalue weighted by Gasteiger charge is 2.14. The Kier molecular flexibility index (Phi) is 3.12. The second-order valence-corrected chi connectivity index (χ2v) is 4.77. The summed E-state index contributed by atoms with van der Waals surface area (Å²) in [5, 5.41) is 14.6. The van der Waals surface area contributed by atoms with E-state index in [0.717, 1.165) is 0 Å². The van der Waals surface area contributed by atoms with Crippen LogP contribution in [0.25, 0.3) is 10.8 Å². The van der Waals surface area contributed by atoms with Crippen molar-refractivity contribution in [1.29, 1.82) is 5.26 Å². The Hall–Kier alpha value is -1.85. The zero-order valence-electron chi connectivity index (χ0n) is 10.2. The molecule has 0 saturated carbocycles. The van der Waals surface area contributed by atoms with Crippen molar-refractivity contribution in [1.82, 2.24) is 5.32 Å². The predicted molar refractivity (Wildman–Crippen MR) is 70.5 cm³/mol. The first-order valence-electron chi connectivity index (χ1n) is 5.75. The van der Waals surface area contributed by atoms with E-state index in [1.54, 1.807) is 0 Å². The van der Waals surface area contributed by atoms with Crippen LogP contribution in [0, 0.1) is 11.3 Å². The fraction of sp³-hybridized carbons (Fsp3) is 0.267. The summed E-state index contributed by atoms with van der Waals surface area (Å²) in [5.41, 5.74) is 0.720. The third-order valence-corrected chi connectivity index (χ3v) is 2.83. The zero-order chi connectivity index (χ0) is 12.3. The van der Waals surface area contributed by atoms with Crippen molar-refractivity contribution in [3.63, 3.8) is 0 Å². The van der Waals surface area contributed by atoms with Crippen LogP contribution in [0.2, 0.25) is 0 Å². The number of nitrogens with zero attached hydrogens (tertiary/aromatic N) is 1. The highest BCUT2D eigenvalue weighted by atomic mass is 14.9. The molecule has 86 valence electrons. The van der Waals surface area contributed by atoms with Crippen LogP contribution < -0.4 is 5.32 Å². The molecule has 0 saturated heterocycles. The summed E-state index contributed by atoms with van der Waals surface area (Å²) in [7, 11) is 0. The van der Waals surface area contributed by atoms with Crippen LogP contribution in [0.4, 0.5) is 0 Å². The lowest BCUT2D eigenvalue weighted by atomic mass is 10.0. The summed E-state index contributed by atoms with van der Waals surface area (Å²) in [6.07, 6.45) is 0. The van der Waals surface area contributed by atoms with E-state index < -0.39 is 5.54 Å². The number of benzene rings is 2. The molecule has 0 radical (unpaired) electrons. The van der Waals surface area contributed by atoms with E-state index in [9.17, 15) is 0 Å². The Balaban J connectivity index is 2.18. The normalized spacial score (nSPS) is 11.4. The van der Waals surface area contributed by atoms with Gasteiger partial charge in [0.2, 0.25) is 0 Å². The molecular formula is C15H16N2. The Bertz CT molecular complexity index is 564. The Morgan fingerprint density at radius 3 is 2.53 bits per heavy atom. The SMILES string of the molecule is CC(C)(C#N)NCc1ccc2ccccc2c1. The molecule has 0 fully saturated rings. The maximum Gasteiger partial charge on any atom is 0.101 e. The summed E-state index contributed by atoms with van der Waals surface area (Å²) in [6.45, 7) is 4.48. The molecule has 0 aliphatic carbocycles. The van der Waals surface area contributed by atoms with Crippen molar-refractivity contribution in [2.75, 3.05) is 0 Å². The van der Waals surface area contributed by atoms with Gasteiger partial charge in [0.15, 0.2) is 0 Å². The van der Waals surface area contributed by atoms with Crippen LogP contribution in [0.5, 0.6) is 0 Å². The van der Waals surface area contributed by atoms with Gasteiger partial charge in [0.1, 0.15) is 5.54 Å². The molecule has 2 aromatic carbocycles. The topological polar surface area (TPSA) is 35.8 Å². The summed E-state index contributed by atoms with van der Waals surface area (Å²) in [5.74, 6) is 0. The lowest BCUT2D eigenvalue weighted by Crippen LogP contribution is -2.36. The highest BCUT2D eigenvalue weighted by molar-refractivity contribution is 5.82. The predicted octanol–water partition coefficient (Wildman–Crippen LogP) is 3.23. The zero-order valence-corrected chi connectivity index (χ0v) is 10.2. The minimum Gasteiger partial charge on any atom is -0.296 e. The average Bonchev–Trinajstić information content (AvgIpc) is 2.36. The molecule has 0 heterocycles. The average molecular weight is 224 g/mol. The summed E-state index contributed by atoms with van der Waals surface area (Å²) in [4.78, 5) is 0. The van der Waals surface area contributed by atoms with Gasteiger partial charge in [-0.25, -0.2) is 0 Å². The molecule has 0 unspecified atom stereocenters. The summed E-state index contributed by atoms with van der Waals surface area (Å²) in [6, 6.07) is 16.9. The van der Waals surface area contributed by atoms with Crippen molar-refractivity contribution in [2.45, 2.75) is 25.9 Å². The van der Waals surface area contributed by atoms with Crippen LogP contribution >= 0.6 is 0 Å². The molecular weight excluding hydrogens is 208 g/mol. The van der Waals surface area contributed by atoms with Crippen molar-refractivity contribution in [2.24, 2.45) is 0 Å². The third kappa shape index (κ3) is 2.83. The smallest absolute Gasteiger partial charge is 0.101 e. The van der Waals surface area contributed by atoms with Gasteiger partial charge in [-0.1, -0.05) is 36.4 Å². The molecule has 2 rings (SSSR count). The van der Waals surface area contributed by atoms with Crippen LogP contribution in [0.3, 0.4) is 0 Å². The standard InChI is InChI=1S/C15H16N2/c1-15(2,11-16)17-10-12-7-8-13-5-3-4-6-14(13)9-12/h3-9,17H,10H2,1-2H3. The first-order valence-corrected chi connectivity index (χ1v) is 5.75. The molecule has 2 aromatic rings. The molecule has 1 N–H and O–H groups in total. The van der Waals surface area contributed by atoms with E-state index >= 15 is 0 Å². The van der Waals surface area contributed by atoms with Gasteiger partial charge >= 0.3 is 0 Å². The van der Waals surface area contributed by atoms with Gasteiger partial charge < -0.3 is 0 Å².